The Kier molecular flexibility index (Phi) is 5.32. The minimum absolute atomic E-state index is 0.0927. The van der Waals surface area contributed by atoms with Crippen molar-refractivity contribution in [2.75, 3.05) is 6.61 Å². The van der Waals surface area contributed by atoms with Crippen LogP contribution in [0.25, 0.3) is 10.9 Å². The summed E-state index contributed by atoms with van der Waals surface area (Å²) in [6, 6.07) is 7.51. The zero-order chi connectivity index (χ0) is 28.6. The molecule has 3 fully saturated rings. The van der Waals surface area contributed by atoms with E-state index in [0.717, 1.165) is 17.5 Å². The number of ether oxygens (including phenoxy) is 3. The van der Waals surface area contributed by atoms with Crippen molar-refractivity contribution >= 4 is 16.9 Å². The summed E-state index contributed by atoms with van der Waals surface area (Å²) in [7, 11) is 1.79. The van der Waals surface area contributed by atoms with E-state index in [9.17, 15) is 15.0 Å². The van der Waals surface area contributed by atoms with Crippen LogP contribution in [0.4, 0.5) is 0 Å². The normalized spacial score (nSPS) is 42.5. The fraction of sp³-hybridized carbons (Fsp3) is 0.625. The quantitative estimate of drug-likeness (QED) is 0.429. The van der Waals surface area contributed by atoms with Gasteiger partial charge in [0.1, 0.15) is 11.7 Å². The molecule has 2 bridgehead atoms. The highest BCUT2D eigenvalue weighted by Gasteiger charge is 2.77. The van der Waals surface area contributed by atoms with Crippen LogP contribution in [0.5, 0.6) is 0 Å². The number of carbonyl (C=O) groups excluding carboxylic acids is 1. The summed E-state index contributed by atoms with van der Waals surface area (Å²) in [4.78, 5) is 13.8. The average molecular weight is 549 g/mol. The highest BCUT2D eigenvalue weighted by molar-refractivity contribution is 6.02. The molecule has 214 valence electrons. The van der Waals surface area contributed by atoms with E-state index in [-0.39, 0.29) is 35.5 Å². The molecule has 8 heteroatoms. The fourth-order valence-electron chi connectivity index (χ4n) is 9.14. The van der Waals surface area contributed by atoms with Crippen molar-refractivity contribution in [1.82, 2.24) is 9.78 Å². The molecule has 0 radical (unpaired) electrons. The molecule has 0 amide bonds. The summed E-state index contributed by atoms with van der Waals surface area (Å²) >= 11 is 0. The van der Waals surface area contributed by atoms with E-state index in [4.69, 9.17) is 14.2 Å². The van der Waals surface area contributed by atoms with Gasteiger partial charge in [-0.3, -0.25) is 4.68 Å². The van der Waals surface area contributed by atoms with Crippen LogP contribution in [0, 0.1) is 34.5 Å². The number of rotatable bonds is 2. The molecule has 1 aromatic heterocycles. The molecule has 5 aliphatic rings. The monoisotopic (exact) mass is 548 g/mol. The molecular weight excluding hydrogens is 508 g/mol. The van der Waals surface area contributed by atoms with Crippen molar-refractivity contribution in [3.05, 3.63) is 53.3 Å². The topological polar surface area (TPSA) is 103 Å². The van der Waals surface area contributed by atoms with Gasteiger partial charge >= 0.3 is 5.97 Å². The molecule has 4 aliphatic carbocycles. The predicted octanol–water partition coefficient (Wildman–Crippen LogP) is 4.16. The largest absolute Gasteiger partial charge is 0.450 e. The molecule has 40 heavy (non-hydrogen) atoms. The van der Waals surface area contributed by atoms with E-state index in [0.29, 0.717) is 16.9 Å². The first kappa shape index (κ1) is 26.4. The first-order chi connectivity index (χ1) is 18.7. The number of fused-ring (bicyclic) bond motifs is 6. The molecule has 1 aromatic carbocycles. The van der Waals surface area contributed by atoms with E-state index in [1.165, 1.54) is 0 Å². The third-order valence-corrected chi connectivity index (χ3v) is 11.1. The molecule has 2 heterocycles. The highest BCUT2D eigenvalue weighted by atomic mass is 16.7. The summed E-state index contributed by atoms with van der Waals surface area (Å²) in [5, 5.41) is 30.8. The number of para-hydroxylation sites is 1. The lowest BCUT2D eigenvalue weighted by Gasteiger charge is -2.55. The second-order valence-electron chi connectivity index (χ2n) is 14.0. The van der Waals surface area contributed by atoms with E-state index >= 15 is 0 Å². The molecular formula is C32H40N2O6. The molecule has 1 saturated heterocycles. The number of hydrogen-bond acceptors (Lipinski definition) is 7. The Bertz CT molecular complexity index is 1490. The Balaban J connectivity index is 1.38. The molecule has 2 aromatic rings. The van der Waals surface area contributed by atoms with Crippen LogP contribution in [0.15, 0.2) is 47.6 Å². The molecule has 7 rings (SSSR count). The predicted molar refractivity (Wildman–Crippen MR) is 148 cm³/mol. The van der Waals surface area contributed by atoms with Crippen molar-refractivity contribution in [2.24, 2.45) is 41.5 Å². The molecule has 8 nitrogen and oxygen atoms in total. The minimum atomic E-state index is -1.75. The van der Waals surface area contributed by atoms with E-state index < -0.39 is 41.1 Å². The number of aryl methyl sites for hydroxylation is 1. The number of aliphatic hydroxyl groups is 2. The maximum atomic E-state index is 13.8. The van der Waals surface area contributed by atoms with Gasteiger partial charge in [0.05, 0.1) is 23.6 Å². The fourth-order valence-corrected chi connectivity index (χ4v) is 9.14. The summed E-state index contributed by atoms with van der Waals surface area (Å²) in [5.41, 5.74) is -0.216. The van der Waals surface area contributed by atoms with Crippen LogP contribution in [0.1, 0.15) is 58.5 Å². The summed E-state index contributed by atoms with van der Waals surface area (Å²) in [6.07, 6.45) is 2.22. The van der Waals surface area contributed by atoms with Gasteiger partial charge in [-0.2, -0.15) is 5.10 Å². The highest BCUT2D eigenvalue weighted by Crippen LogP contribution is 2.73. The molecule has 2 N–H and O–H groups in total. The van der Waals surface area contributed by atoms with Crippen molar-refractivity contribution in [1.29, 1.82) is 0 Å². The van der Waals surface area contributed by atoms with Gasteiger partial charge in [0, 0.05) is 18.4 Å². The van der Waals surface area contributed by atoms with Crippen molar-refractivity contribution < 1.29 is 29.2 Å². The lowest BCUT2D eigenvalue weighted by Crippen LogP contribution is -2.69. The first-order valence-corrected chi connectivity index (χ1v) is 14.5. The Labute approximate surface area is 235 Å². The molecule has 9 atom stereocenters. The van der Waals surface area contributed by atoms with E-state index in [1.54, 1.807) is 11.7 Å². The standard InChI is InChI=1S/C32H40N2O6/c1-16-14-31-17(2)12-21-23(29(21,3)4)20(25(31)35)13-18-15-38-30(5,6)40-27(18)32(31,37)26(16)39-28(36)24-19-10-8-9-11-22(19)34(7)33-24/h8-11,13-14,17,20-21,23,25-27,35,37H,12,15H2,1-7H3. The zero-order valence-corrected chi connectivity index (χ0v) is 24.3. The van der Waals surface area contributed by atoms with Gasteiger partial charge in [-0.15, -0.1) is 0 Å². The Hall–Kier alpha value is -2.52. The zero-order valence-electron chi connectivity index (χ0n) is 24.3. The summed E-state index contributed by atoms with van der Waals surface area (Å²) < 4.78 is 20.6. The summed E-state index contributed by atoms with van der Waals surface area (Å²) in [5.74, 6) is -1.14. The summed E-state index contributed by atoms with van der Waals surface area (Å²) in [6.45, 7) is 12.5. The van der Waals surface area contributed by atoms with E-state index in [2.05, 4.69) is 31.9 Å². The number of aliphatic hydroxyl groups excluding tert-OH is 1. The number of benzene rings is 1. The molecule has 1 spiro atoms. The number of aromatic nitrogens is 2. The van der Waals surface area contributed by atoms with Crippen LogP contribution < -0.4 is 0 Å². The van der Waals surface area contributed by atoms with Crippen LogP contribution in [-0.4, -0.2) is 62.3 Å². The molecule has 1 aliphatic heterocycles. The number of hydrogen-bond donors (Lipinski definition) is 2. The molecule has 2 saturated carbocycles. The van der Waals surface area contributed by atoms with Gasteiger partial charge in [0.25, 0.3) is 0 Å². The van der Waals surface area contributed by atoms with Gasteiger partial charge in [-0.1, -0.05) is 51.1 Å². The van der Waals surface area contributed by atoms with Crippen molar-refractivity contribution in [2.45, 2.75) is 77.7 Å². The maximum absolute atomic E-state index is 13.8. The second-order valence-corrected chi connectivity index (χ2v) is 14.0. The van der Waals surface area contributed by atoms with Crippen LogP contribution in [-0.2, 0) is 21.3 Å². The molecule has 9 unspecified atom stereocenters. The second kappa shape index (κ2) is 8.06. The Morgan fingerprint density at radius 2 is 1.93 bits per heavy atom. The van der Waals surface area contributed by atoms with Gasteiger partial charge in [0.15, 0.2) is 17.6 Å². The Morgan fingerprint density at radius 3 is 2.67 bits per heavy atom. The number of carbonyl (C=O) groups is 1. The third kappa shape index (κ3) is 3.16. The van der Waals surface area contributed by atoms with Gasteiger partial charge in [0.2, 0.25) is 0 Å². The van der Waals surface area contributed by atoms with Gasteiger partial charge in [-0.05, 0) is 67.6 Å². The van der Waals surface area contributed by atoms with Crippen LogP contribution in [0.3, 0.4) is 0 Å². The van der Waals surface area contributed by atoms with Gasteiger partial charge < -0.3 is 24.4 Å². The van der Waals surface area contributed by atoms with Crippen LogP contribution in [0.2, 0.25) is 0 Å². The van der Waals surface area contributed by atoms with Gasteiger partial charge in [-0.25, -0.2) is 4.79 Å². The average Bonchev–Trinajstić information content (AvgIpc) is 3.19. The Morgan fingerprint density at radius 1 is 1.20 bits per heavy atom. The minimum Gasteiger partial charge on any atom is -0.450 e. The lowest BCUT2D eigenvalue weighted by molar-refractivity contribution is -0.312. The lowest BCUT2D eigenvalue weighted by atomic mass is 9.58. The van der Waals surface area contributed by atoms with Crippen LogP contribution >= 0.6 is 0 Å². The van der Waals surface area contributed by atoms with Crippen molar-refractivity contribution in [3.63, 3.8) is 0 Å². The maximum Gasteiger partial charge on any atom is 0.360 e. The van der Waals surface area contributed by atoms with E-state index in [1.807, 2.05) is 51.1 Å². The smallest absolute Gasteiger partial charge is 0.360 e. The number of esters is 1. The first-order valence-electron chi connectivity index (χ1n) is 14.5. The SMILES string of the molecule is CC1=CC23C(C)CC4C(C(C=C5COC(C)(C)OC5C2(O)C1OC(=O)c1nn(C)c2ccccc12)C3O)C4(C)C. The van der Waals surface area contributed by atoms with Crippen molar-refractivity contribution in [3.8, 4) is 0 Å². The number of nitrogens with zero attached hydrogens (tertiary/aromatic N) is 2. The third-order valence-electron chi connectivity index (χ3n) is 11.1.